The second-order valence-electron chi connectivity index (χ2n) is 5.22. The number of nitrogens with one attached hydrogen (secondary N) is 2. The van der Waals surface area contributed by atoms with Gasteiger partial charge in [0.25, 0.3) is 5.91 Å². The molecule has 114 valence electrons. The van der Waals surface area contributed by atoms with Crippen LogP contribution < -0.4 is 10.6 Å². The largest absolute Gasteiger partial charge is 0.341 e. The van der Waals surface area contributed by atoms with E-state index in [2.05, 4.69) is 10.6 Å². The number of amides is 2. The first-order chi connectivity index (χ1) is 10.5. The van der Waals surface area contributed by atoms with Crippen LogP contribution in [0.4, 0.5) is 0 Å². The van der Waals surface area contributed by atoms with Crippen LogP contribution in [0.15, 0.2) is 24.3 Å². The fourth-order valence-electron chi connectivity index (χ4n) is 1.92. The summed E-state index contributed by atoms with van der Waals surface area (Å²) >= 11 is 0. The van der Waals surface area contributed by atoms with Crippen LogP contribution in [0.1, 0.15) is 36.2 Å². The topological polar surface area (TPSA) is 106 Å². The van der Waals surface area contributed by atoms with Crippen molar-refractivity contribution in [1.82, 2.24) is 10.6 Å². The van der Waals surface area contributed by atoms with Gasteiger partial charge in [0.2, 0.25) is 5.91 Å². The van der Waals surface area contributed by atoms with Crippen LogP contribution in [0.25, 0.3) is 0 Å². The van der Waals surface area contributed by atoms with Gasteiger partial charge in [0.1, 0.15) is 12.6 Å². The molecular formula is C16H18N4O2. The lowest BCUT2D eigenvalue weighted by Gasteiger charge is -2.19. The Bertz CT molecular complexity index is 626. The molecule has 0 radical (unpaired) electrons. The zero-order valence-corrected chi connectivity index (χ0v) is 12.6. The molecule has 22 heavy (non-hydrogen) atoms. The summed E-state index contributed by atoms with van der Waals surface area (Å²) in [5.74, 6) is -0.613. The highest BCUT2D eigenvalue weighted by molar-refractivity contribution is 5.97. The zero-order chi connectivity index (χ0) is 16.5. The van der Waals surface area contributed by atoms with E-state index < -0.39 is 11.9 Å². The molecule has 0 aliphatic rings. The Balaban J connectivity index is 2.84. The normalized spacial score (nSPS) is 11.1. The smallest absolute Gasteiger partial charge is 0.251 e. The number of hydrogen-bond acceptors (Lipinski definition) is 4. The van der Waals surface area contributed by atoms with Crippen LogP contribution >= 0.6 is 0 Å². The minimum Gasteiger partial charge on any atom is -0.341 e. The van der Waals surface area contributed by atoms with Crippen LogP contribution in [0, 0.1) is 28.6 Å². The molecule has 0 unspecified atom stereocenters. The summed E-state index contributed by atoms with van der Waals surface area (Å²) in [6.45, 7) is 3.77. The van der Waals surface area contributed by atoms with Crippen LogP contribution in [0.5, 0.6) is 0 Å². The molecule has 0 fully saturated rings. The Morgan fingerprint density at radius 3 is 2.59 bits per heavy atom. The second kappa shape index (κ2) is 8.43. The third kappa shape index (κ3) is 5.26. The van der Waals surface area contributed by atoms with Crippen molar-refractivity contribution in [2.24, 2.45) is 5.92 Å². The second-order valence-corrected chi connectivity index (χ2v) is 5.22. The molecular weight excluding hydrogens is 280 g/mol. The molecule has 2 N–H and O–H groups in total. The van der Waals surface area contributed by atoms with E-state index in [9.17, 15) is 9.59 Å². The average Bonchev–Trinajstić information content (AvgIpc) is 2.51. The molecule has 6 nitrogen and oxygen atoms in total. The lowest BCUT2D eigenvalue weighted by molar-refractivity contribution is -0.123. The Morgan fingerprint density at radius 2 is 2.00 bits per heavy atom. The van der Waals surface area contributed by atoms with E-state index in [1.165, 1.54) is 6.07 Å². The molecule has 1 aromatic rings. The lowest BCUT2D eigenvalue weighted by Crippen LogP contribution is -2.47. The summed E-state index contributed by atoms with van der Waals surface area (Å²) in [5.41, 5.74) is 0.697. The van der Waals surface area contributed by atoms with Gasteiger partial charge in [0, 0.05) is 5.56 Å². The summed E-state index contributed by atoms with van der Waals surface area (Å²) in [7, 11) is 0. The van der Waals surface area contributed by atoms with Gasteiger partial charge in [-0.1, -0.05) is 19.9 Å². The van der Waals surface area contributed by atoms with E-state index in [0.717, 1.165) is 0 Å². The maximum atomic E-state index is 12.2. The van der Waals surface area contributed by atoms with Crippen molar-refractivity contribution in [2.45, 2.75) is 26.3 Å². The maximum Gasteiger partial charge on any atom is 0.251 e. The molecule has 0 saturated carbocycles. The first-order valence-electron chi connectivity index (χ1n) is 6.93. The molecule has 1 atom stereocenters. The van der Waals surface area contributed by atoms with Gasteiger partial charge in [-0.15, -0.1) is 0 Å². The van der Waals surface area contributed by atoms with Crippen molar-refractivity contribution in [3.63, 3.8) is 0 Å². The van der Waals surface area contributed by atoms with E-state index in [0.29, 0.717) is 17.5 Å². The predicted octanol–water partition coefficient (Wildman–Crippen LogP) is 1.34. The summed E-state index contributed by atoms with van der Waals surface area (Å²) in [6.07, 6.45) is 0.459. The highest BCUT2D eigenvalue weighted by Crippen LogP contribution is 2.08. The minimum atomic E-state index is -0.716. The average molecular weight is 298 g/mol. The van der Waals surface area contributed by atoms with E-state index in [1.54, 1.807) is 18.2 Å². The van der Waals surface area contributed by atoms with Crippen molar-refractivity contribution in [3.05, 3.63) is 35.4 Å². The van der Waals surface area contributed by atoms with Gasteiger partial charge in [0.15, 0.2) is 0 Å². The van der Waals surface area contributed by atoms with Crippen LogP contribution in [0.2, 0.25) is 0 Å². The Morgan fingerprint density at radius 1 is 1.27 bits per heavy atom. The SMILES string of the molecule is CC(C)C[C@H](NC(=O)c1cccc(C#N)c1)C(=O)NCC#N. The maximum absolute atomic E-state index is 12.2. The monoisotopic (exact) mass is 298 g/mol. The summed E-state index contributed by atoms with van der Waals surface area (Å²) in [4.78, 5) is 24.2. The van der Waals surface area contributed by atoms with E-state index >= 15 is 0 Å². The molecule has 0 aliphatic heterocycles. The van der Waals surface area contributed by atoms with Gasteiger partial charge in [-0.3, -0.25) is 9.59 Å². The summed E-state index contributed by atoms with van der Waals surface area (Å²) in [5, 5.41) is 22.5. The number of carbonyl (C=O) groups is 2. The van der Waals surface area contributed by atoms with E-state index in [-0.39, 0.29) is 18.4 Å². The number of benzene rings is 1. The summed E-state index contributed by atoms with van der Waals surface area (Å²) < 4.78 is 0. The molecule has 0 spiro atoms. The fraction of sp³-hybridized carbons (Fsp3) is 0.375. The van der Waals surface area contributed by atoms with Crippen molar-refractivity contribution >= 4 is 11.8 Å². The van der Waals surface area contributed by atoms with Gasteiger partial charge >= 0.3 is 0 Å². The molecule has 1 rings (SSSR count). The number of carbonyl (C=O) groups excluding carboxylic acids is 2. The number of nitriles is 2. The Labute approximate surface area is 129 Å². The highest BCUT2D eigenvalue weighted by atomic mass is 16.2. The van der Waals surface area contributed by atoms with Crippen LogP contribution in [-0.4, -0.2) is 24.4 Å². The molecule has 1 aromatic carbocycles. The number of nitrogens with zero attached hydrogens (tertiary/aromatic N) is 2. The van der Waals surface area contributed by atoms with Crippen LogP contribution in [-0.2, 0) is 4.79 Å². The van der Waals surface area contributed by atoms with Gasteiger partial charge in [0.05, 0.1) is 17.7 Å². The quantitative estimate of drug-likeness (QED) is 0.773. The minimum absolute atomic E-state index is 0.104. The standard InChI is InChI=1S/C16H18N4O2/c1-11(2)8-14(16(22)19-7-6-17)20-15(21)13-5-3-4-12(9-13)10-18/h3-5,9,11,14H,7-8H2,1-2H3,(H,19,22)(H,20,21)/t14-/m0/s1. The van der Waals surface area contributed by atoms with Gasteiger partial charge < -0.3 is 10.6 Å². The van der Waals surface area contributed by atoms with Gasteiger partial charge in [-0.05, 0) is 30.5 Å². The van der Waals surface area contributed by atoms with Crippen LogP contribution in [0.3, 0.4) is 0 Å². The van der Waals surface area contributed by atoms with Gasteiger partial charge in [-0.2, -0.15) is 10.5 Å². The third-order valence-corrected chi connectivity index (χ3v) is 2.92. The first kappa shape index (κ1) is 17.2. The fourth-order valence-corrected chi connectivity index (χ4v) is 1.92. The Hall–Kier alpha value is -2.86. The molecule has 0 heterocycles. The summed E-state index contributed by atoms with van der Waals surface area (Å²) in [6, 6.07) is 9.33. The Kier molecular flexibility index (Phi) is 6.59. The lowest BCUT2D eigenvalue weighted by atomic mass is 10.0. The number of rotatable bonds is 6. The van der Waals surface area contributed by atoms with Crippen molar-refractivity contribution in [1.29, 1.82) is 10.5 Å². The number of hydrogen-bond donors (Lipinski definition) is 2. The van der Waals surface area contributed by atoms with Crippen molar-refractivity contribution < 1.29 is 9.59 Å². The molecule has 0 aliphatic carbocycles. The molecule has 0 aromatic heterocycles. The van der Waals surface area contributed by atoms with E-state index in [1.807, 2.05) is 26.0 Å². The van der Waals surface area contributed by atoms with E-state index in [4.69, 9.17) is 10.5 Å². The predicted molar refractivity (Wildman–Crippen MR) is 80.5 cm³/mol. The molecule has 0 saturated heterocycles. The van der Waals surface area contributed by atoms with Crippen molar-refractivity contribution in [3.8, 4) is 12.1 Å². The molecule has 6 heteroatoms. The molecule has 2 amide bonds. The van der Waals surface area contributed by atoms with Gasteiger partial charge in [-0.25, -0.2) is 0 Å². The zero-order valence-electron chi connectivity index (χ0n) is 12.6. The highest BCUT2D eigenvalue weighted by Gasteiger charge is 2.22. The van der Waals surface area contributed by atoms with Crippen molar-refractivity contribution in [2.75, 3.05) is 6.54 Å². The third-order valence-electron chi connectivity index (χ3n) is 2.92. The first-order valence-corrected chi connectivity index (χ1v) is 6.93. The molecule has 0 bridgehead atoms.